The second-order valence-corrected chi connectivity index (χ2v) is 9.22. The van der Waals surface area contributed by atoms with Gasteiger partial charge in [0.05, 0.1) is 18.2 Å². The molecule has 6 nitrogen and oxygen atoms in total. The molecule has 2 saturated heterocycles. The van der Waals surface area contributed by atoms with Crippen LogP contribution < -0.4 is 4.90 Å². The number of carbonyl (C=O) groups is 1. The Bertz CT molecular complexity index is 1070. The minimum Gasteiger partial charge on any atom is -0.355 e. The fourth-order valence-corrected chi connectivity index (χ4v) is 5.20. The first-order chi connectivity index (χ1) is 17.1. The van der Waals surface area contributed by atoms with E-state index in [1.165, 1.54) is 24.3 Å². The van der Waals surface area contributed by atoms with Gasteiger partial charge >= 0.3 is 0 Å². The standard InChI is InChI=1S/C27H29F2N5O/c28-23-7-3-20(4-8-23)26(21-5-9-24(29)10-6-21)32-14-16-33(17-15-32)27(35)22-2-1-13-34(19-22)25-18-30-11-12-31-25/h3-12,18,22,26H,1-2,13-17,19H2. The van der Waals surface area contributed by atoms with Crippen LogP contribution in [-0.2, 0) is 4.79 Å². The monoisotopic (exact) mass is 477 g/mol. The Hall–Kier alpha value is -3.39. The number of carbonyl (C=O) groups excluding carboxylic acids is 1. The molecule has 0 N–H and O–H groups in total. The van der Waals surface area contributed by atoms with Crippen molar-refractivity contribution in [3.05, 3.63) is 89.9 Å². The van der Waals surface area contributed by atoms with E-state index in [1.807, 2.05) is 4.90 Å². The SMILES string of the molecule is O=C(C1CCCN(c2cnccn2)C1)N1CCN(C(c2ccc(F)cc2)c2ccc(F)cc2)CC1. The maximum absolute atomic E-state index is 13.6. The van der Waals surface area contributed by atoms with Crippen LogP contribution in [0, 0.1) is 17.6 Å². The number of benzene rings is 2. The number of piperidine rings is 1. The fourth-order valence-electron chi connectivity index (χ4n) is 5.20. The van der Waals surface area contributed by atoms with Crippen molar-refractivity contribution in [1.82, 2.24) is 19.8 Å². The lowest BCUT2D eigenvalue weighted by Crippen LogP contribution is -2.53. The van der Waals surface area contributed by atoms with Crippen molar-refractivity contribution in [3.8, 4) is 0 Å². The summed E-state index contributed by atoms with van der Waals surface area (Å²) in [5.74, 6) is 0.381. The average molecular weight is 478 g/mol. The summed E-state index contributed by atoms with van der Waals surface area (Å²) in [5.41, 5.74) is 1.90. The minimum absolute atomic E-state index is 0.0534. The number of rotatable bonds is 5. The lowest BCUT2D eigenvalue weighted by atomic mass is 9.95. The largest absolute Gasteiger partial charge is 0.355 e. The van der Waals surface area contributed by atoms with Crippen LogP contribution >= 0.6 is 0 Å². The van der Waals surface area contributed by atoms with Crippen LogP contribution in [0.3, 0.4) is 0 Å². The van der Waals surface area contributed by atoms with E-state index in [9.17, 15) is 13.6 Å². The summed E-state index contributed by atoms with van der Waals surface area (Å²) >= 11 is 0. The van der Waals surface area contributed by atoms with Gasteiger partial charge in [0.1, 0.15) is 17.5 Å². The van der Waals surface area contributed by atoms with Gasteiger partial charge in [-0.3, -0.25) is 14.7 Å². The van der Waals surface area contributed by atoms with E-state index < -0.39 is 0 Å². The molecular weight excluding hydrogens is 448 g/mol. The van der Waals surface area contributed by atoms with E-state index in [1.54, 1.807) is 42.9 Å². The lowest BCUT2D eigenvalue weighted by molar-refractivity contribution is -0.137. The van der Waals surface area contributed by atoms with E-state index in [2.05, 4.69) is 19.8 Å². The van der Waals surface area contributed by atoms with Crippen LogP contribution in [-0.4, -0.2) is 64.9 Å². The molecule has 5 rings (SSSR count). The molecule has 0 saturated carbocycles. The molecule has 1 unspecified atom stereocenters. The van der Waals surface area contributed by atoms with Crippen LogP contribution in [0.25, 0.3) is 0 Å². The first-order valence-electron chi connectivity index (χ1n) is 12.1. The number of amides is 1. The Labute approximate surface area is 204 Å². The highest BCUT2D eigenvalue weighted by Gasteiger charge is 2.33. The Morgan fingerprint density at radius 2 is 1.49 bits per heavy atom. The Morgan fingerprint density at radius 1 is 0.857 bits per heavy atom. The second kappa shape index (κ2) is 10.5. The summed E-state index contributed by atoms with van der Waals surface area (Å²) in [7, 11) is 0. The number of anilines is 1. The zero-order valence-electron chi connectivity index (χ0n) is 19.6. The Kier molecular flexibility index (Phi) is 6.99. The highest BCUT2D eigenvalue weighted by Crippen LogP contribution is 2.31. The van der Waals surface area contributed by atoms with Crippen LogP contribution in [0.4, 0.5) is 14.6 Å². The highest BCUT2D eigenvalue weighted by molar-refractivity contribution is 5.80. The van der Waals surface area contributed by atoms with Crippen LogP contribution in [0.15, 0.2) is 67.1 Å². The molecule has 2 aliphatic rings. The van der Waals surface area contributed by atoms with Crippen molar-refractivity contribution in [1.29, 1.82) is 0 Å². The molecule has 0 aliphatic carbocycles. The van der Waals surface area contributed by atoms with Gasteiger partial charge in [0.25, 0.3) is 0 Å². The lowest BCUT2D eigenvalue weighted by Gasteiger charge is -2.42. The van der Waals surface area contributed by atoms with E-state index in [4.69, 9.17) is 0 Å². The number of aromatic nitrogens is 2. The van der Waals surface area contributed by atoms with Gasteiger partial charge in [-0.15, -0.1) is 0 Å². The molecule has 1 amide bonds. The third kappa shape index (κ3) is 5.32. The normalized spacial score (nSPS) is 19.2. The summed E-state index contributed by atoms with van der Waals surface area (Å²) in [4.78, 5) is 28.3. The molecule has 0 spiro atoms. The smallest absolute Gasteiger partial charge is 0.227 e. The van der Waals surface area contributed by atoms with Gasteiger partial charge in [0, 0.05) is 51.7 Å². The number of hydrogen-bond donors (Lipinski definition) is 0. The summed E-state index contributed by atoms with van der Waals surface area (Å²) < 4.78 is 27.2. The molecule has 35 heavy (non-hydrogen) atoms. The van der Waals surface area contributed by atoms with Crippen molar-refractivity contribution in [3.63, 3.8) is 0 Å². The van der Waals surface area contributed by atoms with Gasteiger partial charge in [-0.2, -0.15) is 0 Å². The summed E-state index contributed by atoms with van der Waals surface area (Å²) in [6.07, 6.45) is 6.91. The van der Waals surface area contributed by atoms with Crippen molar-refractivity contribution in [2.75, 3.05) is 44.2 Å². The number of piperazine rings is 1. The van der Waals surface area contributed by atoms with Gasteiger partial charge in [0.2, 0.25) is 5.91 Å². The average Bonchev–Trinajstić information content (AvgIpc) is 2.91. The molecule has 2 aliphatic heterocycles. The molecule has 0 bridgehead atoms. The van der Waals surface area contributed by atoms with Crippen molar-refractivity contribution < 1.29 is 13.6 Å². The Morgan fingerprint density at radius 3 is 2.06 bits per heavy atom. The maximum Gasteiger partial charge on any atom is 0.227 e. The predicted molar refractivity (Wildman–Crippen MR) is 130 cm³/mol. The van der Waals surface area contributed by atoms with Gasteiger partial charge < -0.3 is 9.80 Å². The molecule has 0 radical (unpaired) electrons. The molecule has 8 heteroatoms. The zero-order valence-corrected chi connectivity index (χ0v) is 19.6. The van der Waals surface area contributed by atoms with Gasteiger partial charge in [0.15, 0.2) is 0 Å². The Balaban J connectivity index is 1.26. The number of nitrogens with zero attached hydrogens (tertiary/aromatic N) is 5. The molecule has 2 aromatic carbocycles. The van der Waals surface area contributed by atoms with Crippen molar-refractivity contribution in [2.24, 2.45) is 5.92 Å². The van der Waals surface area contributed by atoms with Gasteiger partial charge in [-0.05, 0) is 48.2 Å². The quantitative estimate of drug-likeness (QED) is 0.558. The van der Waals surface area contributed by atoms with Crippen molar-refractivity contribution >= 4 is 11.7 Å². The van der Waals surface area contributed by atoms with E-state index in [-0.39, 0.29) is 29.5 Å². The zero-order chi connectivity index (χ0) is 24.2. The minimum atomic E-state index is -0.287. The highest BCUT2D eigenvalue weighted by atomic mass is 19.1. The number of hydrogen-bond acceptors (Lipinski definition) is 5. The summed E-state index contributed by atoms with van der Waals surface area (Å²) in [6, 6.07) is 12.8. The first kappa shape index (κ1) is 23.4. The molecular formula is C27H29F2N5O. The molecule has 3 aromatic rings. The van der Waals surface area contributed by atoms with Crippen molar-refractivity contribution in [2.45, 2.75) is 18.9 Å². The molecule has 3 heterocycles. The fraction of sp³-hybridized carbons (Fsp3) is 0.370. The third-order valence-corrected chi connectivity index (χ3v) is 7.01. The summed E-state index contributed by atoms with van der Waals surface area (Å²) in [6.45, 7) is 4.16. The predicted octanol–water partition coefficient (Wildman–Crippen LogP) is 3.91. The van der Waals surface area contributed by atoms with Crippen LogP contribution in [0.2, 0.25) is 0 Å². The van der Waals surface area contributed by atoms with E-state index in [0.717, 1.165) is 36.3 Å². The molecule has 1 atom stereocenters. The number of halogens is 2. The van der Waals surface area contributed by atoms with Crippen LogP contribution in [0.5, 0.6) is 0 Å². The van der Waals surface area contributed by atoms with Crippen LogP contribution in [0.1, 0.15) is 30.0 Å². The van der Waals surface area contributed by atoms with E-state index >= 15 is 0 Å². The third-order valence-electron chi connectivity index (χ3n) is 7.01. The van der Waals surface area contributed by atoms with E-state index in [0.29, 0.717) is 32.7 Å². The molecule has 1 aromatic heterocycles. The van der Waals surface area contributed by atoms with Gasteiger partial charge in [-0.25, -0.2) is 13.8 Å². The van der Waals surface area contributed by atoms with Gasteiger partial charge in [-0.1, -0.05) is 24.3 Å². The summed E-state index contributed by atoms with van der Waals surface area (Å²) in [5, 5.41) is 0. The molecule has 2 fully saturated rings. The second-order valence-electron chi connectivity index (χ2n) is 9.22. The molecule has 182 valence electrons. The first-order valence-corrected chi connectivity index (χ1v) is 12.1. The topological polar surface area (TPSA) is 52.6 Å². The maximum atomic E-state index is 13.6.